The number of fused-ring (bicyclic) bond motifs is 1. The largest absolute Gasteiger partial charge is 0.491 e. The van der Waals surface area contributed by atoms with Crippen LogP contribution in [0.3, 0.4) is 0 Å². The van der Waals surface area contributed by atoms with Crippen LogP contribution in [0.2, 0.25) is 0 Å². The van der Waals surface area contributed by atoms with Gasteiger partial charge in [-0.25, -0.2) is 4.98 Å². The van der Waals surface area contributed by atoms with Crippen molar-refractivity contribution in [3.63, 3.8) is 0 Å². The van der Waals surface area contributed by atoms with Crippen molar-refractivity contribution in [3.05, 3.63) is 47.9 Å². The number of methoxy groups -OCH3 is 1. The number of pyridine rings is 1. The van der Waals surface area contributed by atoms with E-state index >= 15 is 0 Å². The lowest BCUT2D eigenvalue weighted by atomic mass is 9.84. The maximum atomic E-state index is 13.4. The van der Waals surface area contributed by atoms with Crippen LogP contribution in [0.25, 0.3) is 11.0 Å². The second kappa shape index (κ2) is 12.1. The fourth-order valence-electron chi connectivity index (χ4n) is 4.62. The molecule has 10 nitrogen and oxygen atoms in total. The number of ether oxygens (including phenoxy) is 2. The van der Waals surface area contributed by atoms with Gasteiger partial charge in [0.05, 0.1) is 6.61 Å². The number of anilines is 2. The van der Waals surface area contributed by atoms with Gasteiger partial charge >= 0.3 is 0 Å². The number of furan rings is 1. The Kier molecular flexibility index (Phi) is 8.62. The van der Waals surface area contributed by atoms with Crippen molar-refractivity contribution in [2.24, 2.45) is 5.92 Å². The number of hydrogen-bond acceptors (Lipinski definition) is 7. The van der Waals surface area contributed by atoms with E-state index in [1.807, 2.05) is 13.0 Å². The number of carbonyl (C=O) groups excluding carboxylic acids is 3. The molecule has 1 aliphatic rings. The minimum Gasteiger partial charge on any atom is -0.491 e. The fourth-order valence-corrected chi connectivity index (χ4v) is 4.62. The van der Waals surface area contributed by atoms with Crippen molar-refractivity contribution >= 4 is 40.2 Å². The summed E-state index contributed by atoms with van der Waals surface area (Å²) in [5.74, 6) is -0.0286. The Bertz CT molecular complexity index is 1290. The molecule has 0 aliphatic heterocycles. The number of nitrogens with zero attached hydrogens (tertiary/aromatic N) is 2. The van der Waals surface area contributed by atoms with E-state index in [1.54, 1.807) is 56.4 Å². The molecule has 202 valence electrons. The van der Waals surface area contributed by atoms with Gasteiger partial charge in [0, 0.05) is 44.6 Å². The van der Waals surface area contributed by atoms with Crippen molar-refractivity contribution in [3.8, 4) is 5.75 Å². The zero-order chi connectivity index (χ0) is 27.2. The molecule has 0 bridgehead atoms. The number of hydrogen-bond donors (Lipinski definition) is 2. The van der Waals surface area contributed by atoms with Crippen molar-refractivity contribution < 1.29 is 28.3 Å². The summed E-state index contributed by atoms with van der Waals surface area (Å²) in [4.78, 5) is 44.3. The average molecular weight is 523 g/mol. The van der Waals surface area contributed by atoms with Gasteiger partial charge in [0.15, 0.2) is 0 Å². The number of nitrogens with one attached hydrogen (secondary N) is 2. The van der Waals surface area contributed by atoms with E-state index in [9.17, 15) is 14.4 Å². The van der Waals surface area contributed by atoms with Crippen LogP contribution < -0.4 is 15.4 Å². The summed E-state index contributed by atoms with van der Waals surface area (Å²) in [6, 6.07) is 8.85. The molecule has 2 aromatic heterocycles. The topological polar surface area (TPSA) is 123 Å². The van der Waals surface area contributed by atoms with E-state index in [0.717, 1.165) is 18.4 Å². The Hall–Kier alpha value is -3.92. The van der Waals surface area contributed by atoms with Crippen molar-refractivity contribution in [2.75, 3.05) is 38.0 Å². The quantitative estimate of drug-likeness (QED) is 0.400. The molecule has 0 unspecified atom stereocenters. The van der Waals surface area contributed by atoms with Crippen LogP contribution in [-0.2, 0) is 14.3 Å². The number of carbonyl (C=O) groups is 3. The smallest absolute Gasteiger partial charge is 0.294 e. The number of aromatic nitrogens is 1. The molecule has 3 amide bonds. The molecule has 1 aromatic carbocycles. The van der Waals surface area contributed by atoms with Crippen LogP contribution >= 0.6 is 0 Å². The number of benzene rings is 1. The first kappa shape index (κ1) is 27.1. The van der Waals surface area contributed by atoms with Gasteiger partial charge in [0.1, 0.15) is 29.4 Å². The summed E-state index contributed by atoms with van der Waals surface area (Å²) in [6.45, 7) is 4.23. The summed E-state index contributed by atoms with van der Waals surface area (Å²) in [5.41, 5.74) is 1.69. The highest BCUT2D eigenvalue weighted by molar-refractivity contribution is 6.14. The first-order valence-electron chi connectivity index (χ1n) is 12.7. The minimum absolute atomic E-state index is 0.0185. The van der Waals surface area contributed by atoms with E-state index in [2.05, 4.69) is 15.6 Å². The highest BCUT2D eigenvalue weighted by atomic mass is 16.5. The second-order valence-corrected chi connectivity index (χ2v) is 9.60. The molecule has 1 aliphatic carbocycles. The van der Waals surface area contributed by atoms with Crippen LogP contribution in [0.4, 0.5) is 11.5 Å². The monoisotopic (exact) mass is 522 g/mol. The van der Waals surface area contributed by atoms with Crippen LogP contribution in [0, 0.1) is 12.8 Å². The van der Waals surface area contributed by atoms with Gasteiger partial charge in [-0.3, -0.25) is 14.4 Å². The normalized spacial score (nSPS) is 17.2. The Labute approximate surface area is 221 Å². The summed E-state index contributed by atoms with van der Waals surface area (Å²) in [6.07, 6.45) is 4.42. The molecule has 4 rings (SSSR count). The van der Waals surface area contributed by atoms with Crippen LogP contribution in [0.1, 0.15) is 48.7 Å². The summed E-state index contributed by atoms with van der Waals surface area (Å²) < 4.78 is 16.7. The fraction of sp³-hybridized carbons (Fsp3) is 0.429. The maximum Gasteiger partial charge on any atom is 0.294 e. The Morgan fingerprint density at radius 3 is 2.50 bits per heavy atom. The Balaban J connectivity index is 1.58. The highest BCUT2D eigenvalue weighted by Crippen LogP contribution is 2.36. The Morgan fingerprint density at radius 1 is 1.08 bits per heavy atom. The van der Waals surface area contributed by atoms with Crippen molar-refractivity contribution in [1.82, 2.24) is 9.88 Å². The summed E-state index contributed by atoms with van der Waals surface area (Å²) >= 11 is 0. The lowest BCUT2D eigenvalue weighted by Gasteiger charge is -2.33. The molecule has 1 fully saturated rings. The molecule has 38 heavy (non-hydrogen) atoms. The number of rotatable bonds is 9. The zero-order valence-electron chi connectivity index (χ0n) is 22.2. The molecule has 2 heterocycles. The third-order valence-electron chi connectivity index (χ3n) is 6.93. The summed E-state index contributed by atoms with van der Waals surface area (Å²) in [7, 11) is 3.39. The van der Waals surface area contributed by atoms with E-state index in [4.69, 9.17) is 13.9 Å². The Morgan fingerprint density at radius 2 is 1.84 bits per heavy atom. The average Bonchev–Trinajstić information content (AvgIpc) is 3.27. The lowest BCUT2D eigenvalue weighted by molar-refractivity contribution is -0.130. The van der Waals surface area contributed by atoms with Crippen LogP contribution in [0.5, 0.6) is 5.75 Å². The van der Waals surface area contributed by atoms with E-state index < -0.39 is 5.91 Å². The van der Waals surface area contributed by atoms with E-state index in [1.165, 1.54) is 0 Å². The van der Waals surface area contributed by atoms with Gasteiger partial charge in [0.25, 0.3) is 5.91 Å². The third-order valence-corrected chi connectivity index (χ3v) is 6.93. The first-order valence-corrected chi connectivity index (χ1v) is 12.7. The van der Waals surface area contributed by atoms with Gasteiger partial charge in [-0.2, -0.15) is 0 Å². The van der Waals surface area contributed by atoms with E-state index in [-0.39, 0.29) is 35.2 Å². The zero-order valence-corrected chi connectivity index (χ0v) is 22.2. The molecule has 0 atom stereocenters. The molecule has 10 heteroatoms. The van der Waals surface area contributed by atoms with E-state index in [0.29, 0.717) is 48.6 Å². The van der Waals surface area contributed by atoms with Crippen molar-refractivity contribution in [1.29, 1.82) is 0 Å². The first-order chi connectivity index (χ1) is 18.3. The molecule has 0 saturated heterocycles. The predicted molar refractivity (Wildman–Crippen MR) is 143 cm³/mol. The predicted octanol–water partition coefficient (Wildman–Crippen LogP) is 4.39. The highest BCUT2D eigenvalue weighted by Gasteiger charge is 2.31. The van der Waals surface area contributed by atoms with Crippen LogP contribution in [0.15, 0.2) is 40.9 Å². The van der Waals surface area contributed by atoms with Gasteiger partial charge < -0.3 is 29.4 Å². The second-order valence-electron chi connectivity index (χ2n) is 9.60. The molecular formula is C28H34N4O6. The SMILES string of the molecule is COCCOc1ccc2oc(C(=O)Nc3ccc(C)cn3)c(NC(=O)C3CCC(N(C)C(C)=O)CC3)c2c1. The minimum atomic E-state index is -0.526. The lowest BCUT2D eigenvalue weighted by Crippen LogP contribution is -2.40. The molecule has 3 aromatic rings. The van der Waals surface area contributed by atoms with Crippen molar-refractivity contribution in [2.45, 2.75) is 45.6 Å². The van der Waals surface area contributed by atoms with Gasteiger partial charge in [-0.1, -0.05) is 6.07 Å². The summed E-state index contributed by atoms with van der Waals surface area (Å²) in [5, 5.41) is 6.27. The standard InChI is InChI=1S/C28H34N4O6/c1-17-5-12-24(29-16-17)30-28(35)26-25(22-15-21(37-14-13-36-4)10-11-23(22)38-26)31-27(34)19-6-8-20(9-7-19)32(3)18(2)33/h5,10-12,15-16,19-20H,6-9,13-14H2,1-4H3,(H,31,34)(H,29,30,35). The maximum absolute atomic E-state index is 13.4. The number of amides is 3. The third kappa shape index (κ3) is 6.31. The number of aryl methyl sites for hydroxylation is 1. The molecular weight excluding hydrogens is 488 g/mol. The van der Waals surface area contributed by atoms with Gasteiger partial charge in [-0.15, -0.1) is 0 Å². The van der Waals surface area contributed by atoms with Gasteiger partial charge in [0.2, 0.25) is 17.6 Å². The molecule has 0 spiro atoms. The van der Waals surface area contributed by atoms with Crippen LogP contribution in [-0.4, -0.2) is 61.0 Å². The molecule has 0 radical (unpaired) electrons. The van der Waals surface area contributed by atoms with Gasteiger partial charge in [-0.05, 0) is 62.4 Å². The molecule has 1 saturated carbocycles. The molecule has 2 N–H and O–H groups in total.